The standard InChI is InChI=1S/C20H27O5P/c1-5-23-20(21)19(26(22,24-6-2)25-7-3)15(4)17-14-10-12-16-11-8-9-13-18(16)17/h8-15,19H,5-7H2,1-4H3. The Labute approximate surface area is 155 Å². The third-order valence-corrected chi connectivity index (χ3v) is 6.85. The number of carbonyl (C=O) groups excluding carboxylic acids is 1. The van der Waals surface area contributed by atoms with Gasteiger partial charge in [-0.1, -0.05) is 49.4 Å². The van der Waals surface area contributed by atoms with Crippen LogP contribution in [0.1, 0.15) is 39.2 Å². The summed E-state index contributed by atoms with van der Waals surface area (Å²) in [6.45, 7) is 7.64. The van der Waals surface area contributed by atoms with Crippen molar-refractivity contribution in [2.24, 2.45) is 0 Å². The van der Waals surface area contributed by atoms with Crippen LogP contribution in [0.2, 0.25) is 0 Å². The van der Waals surface area contributed by atoms with Gasteiger partial charge in [0.25, 0.3) is 0 Å². The van der Waals surface area contributed by atoms with Crippen LogP contribution in [0.3, 0.4) is 0 Å². The molecule has 5 nitrogen and oxygen atoms in total. The molecule has 0 fully saturated rings. The lowest BCUT2D eigenvalue weighted by Gasteiger charge is -2.29. The van der Waals surface area contributed by atoms with Gasteiger partial charge in [-0.2, -0.15) is 0 Å². The number of esters is 1. The van der Waals surface area contributed by atoms with Crippen molar-refractivity contribution >= 4 is 24.3 Å². The van der Waals surface area contributed by atoms with E-state index in [-0.39, 0.29) is 19.8 Å². The van der Waals surface area contributed by atoms with Gasteiger partial charge in [0.05, 0.1) is 19.8 Å². The first-order valence-corrected chi connectivity index (χ1v) is 10.6. The third kappa shape index (κ3) is 4.35. The van der Waals surface area contributed by atoms with Crippen LogP contribution >= 0.6 is 7.60 Å². The van der Waals surface area contributed by atoms with Gasteiger partial charge in [-0.15, -0.1) is 0 Å². The monoisotopic (exact) mass is 378 g/mol. The molecule has 2 aromatic carbocycles. The van der Waals surface area contributed by atoms with Gasteiger partial charge < -0.3 is 13.8 Å². The summed E-state index contributed by atoms with van der Waals surface area (Å²) in [6.07, 6.45) is 0. The second-order valence-electron chi connectivity index (χ2n) is 5.93. The molecule has 0 spiro atoms. The van der Waals surface area contributed by atoms with Gasteiger partial charge >= 0.3 is 13.6 Å². The maximum atomic E-state index is 13.4. The Kier molecular flexibility index (Phi) is 7.39. The fraction of sp³-hybridized carbons (Fsp3) is 0.450. The van der Waals surface area contributed by atoms with Crippen molar-refractivity contribution in [3.05, 3.63) is 48.0 Å². The molecule has 0 radical (unpaired) electrons. The first-order chi connectivity index (χ1) is 12.5. The molecule has 26 heavy (non-hydrogen) atoms. The molecule has 0 aromatic heterocycles. The molecule has 0 saturated heterocycles. The van der Waals surface area contributed by atoms with Gasteiger partial charge in [-0.3, -0.25) is 9.36 Å². The summed E-state index contributed by atoms with van der Waals surface area (Å²) in [5, 5.41) is 2.07. The molecule has 2 unspecified atom stereocenters. The minimum Gasteiger partial charge on any atom is -0.465 e. The molecule has 0 amide bonds. The zero-order valence-corrected chi connectivity index (χ0v) is 16.7. The zero-order chi connectivity index (χ0) is 19.2. The van der Waals surface area contributed by atoms with Crippen molar-refractivity contribution in [1.29, 1.82) is 0 Å². The van der Waals surface area contributed by atoms with Crippen LogP contribution in [-0.2, 0) is 23.1 Å². The van der Waals surface area contributed by atoms with Crippen LogP contribution in [0.25, 0.3) is 10.8 Å². The van der Waals surface area contributed by atoms with Gasteiger partial charge in [0.1, 0.15) is 0 Å². The predicted molar refractivity (Wildman–Crippen MR) is 104 cm³/mol. The average Bonchev–Trinajstić information content (AvgIpc) is 2.61. The average molecular weight is 378 g/mol. The maximum absolute atomic E-state index is 13.4. The lowest BCUT2D eigenvalue weighted by Crippen LogP contribution is -2.31. The molecule has 142 valence electrons. The van der Waals surface area contributed by atoms with E-state index < -0.39 is 25.1 Å². The van der Waals surface area contributed by atoms with E-state index in [4.69, 9.17) is 13.8 Å². The Morgan fingerprint density at radius 2 is 1.58 bits per heavy atom. The molecule has 2 rings (SSSR count). The maximum Gasteiger partial charge on any atom is 0.345 e. The molecule has 0 aliphatic rings. The third-order valence-electron chi connectivity index (χ3n) is 4.27. The highest BCUT2D eigenvalue weighted by Crippen LogP contribution is 2.58. The SMILES string of the molecule is CCOC(=O)C(C(C)c1cccc2ccccc12)P(=O)(OCC)OCC. The highest BCUT2D eigenvalue weighted by Gasteiger charge is 2.46. The number of hydrogen-bond acceptors (Lipinski definition) is 5. The Hall–Kier alpha value is -1.68. The Bertz CT molecular complexity index is 773. The highest BCUT2D eigenvalue weighted by molar-refractivity contribution is 7.55. The van der Waals surface area contributed by atoms with E-state index in [1.54, 1.807) is 20.8 Å². The van der Waals surface area contributed by atoms with Gasteiger partial charge in [0.15, 0.2) is 5.66 Å². The fourth-order valence-electron chi connectivity index (χ4n) is 3.21. The van der Waals surface area contributed by atoms with Crippen molar-refractivity contribution in [3.8, 4) is 0 Å². The molecular weight excluding hydrogens is 351 g/mol. The van der Waals surface area contributed by atoms with Crippen LogP contribution in [0.15, 0.2) is 42.5 Å². The van der Waals surface area contributed by atoms with Crippen molar-refractivity contribution in [1.82, 2.24) is 0 Å². The number of hydrogen-bond donors (Lipinski definition) is 0. The molecular formula is C20H27O5P. The smallest absolute Gasteiger partial charge is 0.345 e. The molecule has 2 atom stereocenters. The van der Waals surface area contributed by atoms with Crippen molar-refractivity contribution in [2.75, 3.05) is 19.8 Å². The summed E-state index contributed by atoms with van der Waals surface area (Å²) in [5.41, 5.74) is -0.103. The minimum atomic E-state index is -3.69. The molecule has 6 heteroatoms. The predicted octanol–water partition coefficient (Wildman–Crippen LogP) is 5.14. The van der Waals surface area contributed by atoms with E-state index in [1.165, 1.54) is 0 Å². The van der Waals surface area contributed by atoms with Gasteiger partial charge in [0, 0.05) is 5.92 Å². The molecule has 0 heterocycles. The van der Waals surface area contributed by atoms with Crippen LogP contribution in [0, 0.1) is 0 Å². The number of rotatable bonds is 9. The Morgan fingerprint density at radius 1 is 0.962 bits per heavy atom. The lowest BCUT2D eigenvalue weighted by molar-refractivity contribution is -0.143. The van der Waals surface area contributed by atoms with Crippen molar-refractivity contribution in [3.63, 3.8) is 0 Å². The van der Waals surface area contributed by atoms with E-state index in [1.807, 2.05) is 49.4 Å². The van der Waals surface area contributed by atoms with Crippen molar-refractivity contribution < 1.29 is 23.1 Å². The van der Waals surface area contributed by atoms with Crippen molar-refractivity contribution in [2.45, 2.75) is 39.3 Å². The summed E-state index contributed by atoms with van der Waals surface area (Å²) in [7, 11) is -3.69. The summed E-state index contributed by atoms with van der Waals surface area (Å²) in [4.78, 5) is 12.7. The summed E-state index contributed by atoms with van der Waals surface area (Å²) >= 11 is 0. The molecule has 0 bridgehead atoms. The number of fused-ring (bicyclic) bond motifs is 1. The zero-order valence-electron chi connectivity index (χ0n) is 15.8. The van der Waals surface area contributed by atoms with E-state index in [0.29, 0.717) is 0 Å². The second kappa shape index (κ2) is 9.31. The number of benzene rings is 2. The Balaban J connectivity index is 2.56. The van der Waals surface area contributed by atoms with Gasteiger partial charge in [-0.05, 0) is 37.1 Å². The molecule has 0 saturated carbocycles. The van der Waals surface area contributed by atoms with E-state index in [0.717, 1.165) is 16.3 Å². The Morgan fingerprint density at radius 3 is 2.19 bits per heavy atom. The molecule has 0 aliphatic heterocycles. The van der Waals surface area contributed by atoms with E-state index in [2.05, 4.69) is 0 Å². The van der Waals surface area contributed by atoms with Gasteiger partial charge in [-0.25, -0.2) is 0 Å². The van der Waals surface area contributed by atoms with Crippen LogP contribution < -0.4 is 0 Å². The quantitative estimate of drug-likeness (QED) is 0.446. The lowest BCUT2D eigenvalue weighted by atomic mass is 9.92. The van der Waals surface area contributed by atoms with E-state index in [9.17, 15) is 9.36 Å². The minimum absolute atomic E-state index is 0.190. The second-order valence-corrected chi connectivity index (χ2v) is 8.08. The fourth-order valence-corrected chi connectivity index (χ4v) is 5.37. The topological polar surface area (TPSA) is 61.8 Å². The molecule has 0 aliphatic carbocycles. The van der Waals surface area contributed by atoms with Crippen LogP contribution in [0.5, 0.6) is 0 Å². The molecule has 2 aromatic rings. The number of ether oxygens (including phenoxy) is 1. The summed E-state index contributed by atoms with van der Waals surface area (Å²) in [6, 6.07) is 13.8. The summed E-state index contributed by atoms with van der Waals surface area (Å²) < 4.78 is 29.6. The van der Waals surface area contributed by atoms with Crippen LogP contribution in [0.4, 0.5) is 0 Å². The molecule has 0 N–H and O–H groups in total. The first kappa shape index (κ1) is 20.6. The highest BCUT2D eigenvalue weighted by atomic mass is 31.2. The number of carbonyl (C=O) groups is 1. The van der Waals surface area contributed by atoms with Crippen LogP contribution in [-0.4, -0.2) is 31.4 Å². The first-order valence-electron chi connectivity index (χ1n) is 9.01. The normalized spacial score (nSPS) is 14.2. The summed E-state index contributed by atoms with van der Waals surface area (Å²) in [5.74, 6) is -0.956. The van der Waals surface area contributed by atoms with Gasteiger partial charge in [0.2, 0.25) is 0 Å². The van der Waals surface area contributed by atoms with E-state index >= 15 is 0 Å². The largest absolute Gasteiger partial charge is 0.465 e.